The largest absolute Gasteiger partial charge is 0.308 e. The van der Waals surface area contributed by atoms with Crippen molar-refractivity contribution in [1.82, 2.24) is 15.1 Å². The van der Waals surface area contributed by atoms with Crippen LogP contribution in [0.15, 0.2) is 41.6 Å². The number of nitrogens with zero attached hydrogens (tertiary/aromatic N) is 2. The maximum absolute atomic E-state index is 4.52. The zero-order valence-electron chi connectivity index (χ0n) is 13.0. The van der Waals surface area contributed by atoms with Gasteiger partial charge in [0.25, 0.3) is 0 Å². The molecule has 1 aliphatic heterocycles. The summed E-state index contributed by atoms with van der Waals surface area (Å²) in [5.74, 6) is 1.74. The third-order valence-corrected chi connectivity index (χ3v) is 4.97. The fourth-order valence-corrected chi connectivity index (χ4v) is 3.81. The van der Waals surface area contributed by atoms with E-state index in [2.05, 4.69) is 66.3 Å². The Bertz CT molecular complexity index is 612. The summed E-state index contributed by atoms with van der Waals surface area (Å²) < 4.78 is 2.09. The van der Waals surface area contributed by atoms with Gasteiger partial charge in [-0.1, -0.05) is 18.2 Å². The Labute approximate surface area is 131 Å². The van der Waals surface area contributed by atoms with E-state index < -0.39 is 0 Å². The van der Waals surface area contributed by atoms with Gasteiger partial charge in [-0.3, -0.25) is 4.68 Å². The molecule has 1 N–H and O–H groups in total. The fourth-order valence-electron chi connectivity index (χ4n) is 2.57. The van der Waals surface area contributed by atoms with Gasteiger partial charge >= 0.3 is 0 Å². The van der Waals surface area contributed by atoms with Crippen LogP contribution in [-0.4, -0.2) is 21.1 Å². The van der Waals surface area contributed by atoms with Crippen LogP contribution in [0.4, 0.5) is 0 Å². The number of hydrogen-bond acceptors (Lipinski definition) is 3. The molecule has 0 saturated carbocycles. The Kier molecular flexibility index (Phi) is 4.09. The number of fused-ring (bicyclic) bond motifs is 1. The highest BCUT2D eigenvalue weighted by Gasteiger charge is 2.23. The molecule has 1 aromatic carbocycles. The second kappa shape index (κ2) is 5.85. The molecular weight excluding hydrogens is 278 g/mol. The lowest BCUT2D eigenvalue weighted by molar-refractivity contribution is 0.424. The first-order valence-electron chi connectivity index (χ1n) is 7.49. The number of aromatic nitrogens is 2. The van der Waals surface area contributed by atoms with Crippen molar-refractivity contribution >= 4 is 11.8 Å². The molecule has 0 saturated heterocycles. The van der Waals surface area contributed by atoms with E-state index in [4.69, 9.17) is 0 Å². The third kappa shape index (κ3) is 3.69. The molecule has 3 rings (SSSR count). The van der Waals surface area contributed by atoms with Crippen molar-refractivity contribution in [2.24, 2.45) is 0 Å². The van der Waals surface area contributed by atoms with E-state index in [1.165, 1.54) is 16.0 Å². The molecule has 0 aliphatic carbocycles. The van der Waals surface area contributed by atoms with Crippen molar-refractivity contribution in [2.75, 3.05) is 5.75 Å². The van der Waals surface area contributed by atoms with Crippen LogP contribution in [0.5, 0.6) is 0 Å². The van der Waals surface area contributed by atoms with Gasteiger partial charge in [0.2, 0.25) is 0 Å². The van der Waals surface area contributed by atoms with Crippen LogP contribution in [0.1, 0.15) is 37.8 Å². The average molecular weight is 301 g/mol. The summed E-state index contributed by atoms with van der Waals surface area (Å²) in [6.45, 7) is 8.40. The van der Waals surface area contributed by atoms with Crippen LogP contribution >= 0.6 is 11.8 Å². The van der Waals surface area contributed by atoms with E-state index in [1.807, 2.05) is 18.0 Å². The van der Waals surface area contributed by atoms with Crippen LogP contribution in [-0.2, 0) is 13.1 Å². The van der Waals surface area contributed by atoms with Crippen LogP contribution in [0.25, 0.3) is 0 Å². The highest BCUT2D eigenvalue weighted by Crippen LogP contribution is 2.39. The molecule has 112 valence electrons. The standard InChI is InChI=1S/C17H23N3S/c1-17(2,3)18-8-13-9-19-20(10-13)11-14-12-21-16-7-5-4-6-15(14)16/h4-7,9-10,14,18H,8,11-12H2,1-3H3. The van der Waals surface area contributed by atoms with E-state index >= 15 is 0 Å². The first-order valence-corrected chi connectivity index (χ1v) is 8.48. The average Bonchev–Trinajstić information content (AvgIpc) is 3.04. The molecule has 0 bridgehead atoms. The van der Waals surface area contributed by atoms with Gasteiger partial charge in [0.1, 0.15) is 0 Å². The zero-order valence-corrected chi connectivity index (χ0v) is 13.8. The van der Waals surface area contributed by atoms with Crippen molar-refractivity contribution in [2.45, 2.75) is 50.2 Å². The molecule has 3 nitrogen and oxygen atoms in total. The number of nitrogens with one attached hydrogen (secondary N) is 1. The molecule has 0 spiro atoms. The van der Waals surface area contributed by atoms with E-state index in [1.54, 1.807) is 0 Å². The first kappa shape index (κ1) is 14.7. The molecule has 0 amide bonds. The molecule has 21 heavy (non-hydrogen) atoms. The first-order chi connectivity index (χ1) is 10.0. The summed E-state index contributed by atoms with van der Waals surface area (Å²) in [5.41, 5.74) is 2.87. The van der Waals surface area contributed by atoms with Gasteiger partial charge in [0, 0.05) is 47.0 Å². The number of benzene rings is 1. The number of hydrogen-bond donors (Lipinski definition) is 1. The third-order valence-electron chi connectivity index (χ3n) is 3.72. The fraction of sp³-hybridized carbons (Fsp3) is 0.471. The van der Waals surface area contributed by atoms with Crippen LogP contribution < -0.4 is 5.32 Å². The molecule has 0 fully saturated rings. The minimum atomic E-state index is 0.142. The highest BCUT2D eigenvalue weighted by molar-refractivity contribution is 7.99. The lowest BCUT2D eigenvalue weighted by atomic mass is 10.0. The predicted molar refractivity (Wildman–Crippen MR) is 88.7 cm³/mol. The lowest BCUT2D eigenvalue weighted by Crippen LogP contribution is -2.34. The minimum Gasteiger partial charge on any atom is -0.308 e. The van der Waals surface area contributed by atoms with Crippen LogP contribution in [0.3, 0.4) is 0 Å². The van der Waals surface area contributed by atoms with Crippen molar-refractivity contribution in [3.63, 3.8) is 0 Å². The molecular formula is C17H23N3S. The summed E-state index contributed by atoms with van der Waals surface area (Å²) in [4.78, 5) is 1.43. The van der Waals surface area contributed by atoms with E-state index in [-0.39, 0.29) is 5.54 Å². The van der Waals surface area contributed by atoms with Gasteiger partial charge in [-0.25, -0.2) is 0 Å². The molecule has 1 unspecified atom stereocenters. The van der Waals surface area contributed by atoms with Gasteiger partial charge in [-0.05, 0) is 32.4 Å². The zero-order chi connectivity index (χ0) is 14.9. The molecule has 1 atom stereocenters. The molecule has 0 radical (unpaired) electrons. The molecule has 1 aliphatic rings. The maximum Gasteiger partial charge on any atom is 0.0534 e. The Balaban J connectivity index is 1.63. The van der Waals surface area contributed by atoms with Crippen LogP contribution in [0, 0.1) is 0 Å². The van der Waals surface area contributed by atoms with Crippen LogP contribution in [0.2, 0.25) is 0 Å². The molecule has 1 aromatic heterocycles. The van der Waals surface area contributed by atoms with E-state index in [0.717, 1.165) is 18.8 Å². The normalized spacial score (nSPS) is 18.0. The summed E-state index contributed by atoms with van der Waals surface area (Å²) in [7, 11) is 0. The number of thioether (sulfide) groups is 1. The van der Waals surface area contributed by atoms with Gasteiger partial charge in [0.05, 0.1) is 6.20 Å². The minimum absolute atomic E-state index is 0.142. The molecule has 2 aromatic rings. The molecule has 4 heteroatoms. The lowest BCUT2D eigenvalue weighted by Gasteiger charge is -2.19. The quantitative estimate of drug-likeness (QED) is 0.934. The summed E-state index contributed by atoms with van der Waals surface area (Å²) >= 11 is 1.96. The second-order valence-electron chi connectivity index (χ2n) is 6.72. The van der Waals surface area contributed by atoms with Crippen molar-refractivity contribution < 1.29 is 0 Å². The van der Waals surface area contributed by atoms with Crippen molar-refractivity contribution in [3.8, 4) is 0 Å². The monoisotopic (exact) mass is 301 g/mol. The predicted octanol–water partition coefficient (Wildman–Crippen LogP) is 3.66. The maximum atomic E-state index is 4.52. The molecule has 2 heterocycles. The van der Waals surface area contributed by atoms with Crippen molar-refractivity contribution in [1.29, 1.82) is 0 Å². The smallest absolute Gasteiger partial charge is 0.0534 e. The summed E-state index contributed by atoms with van der Waals surface area (Å²) in [6.07, 6.45) is 4.15. The van der Waals surface area contributed by atoms with Gasteiger partial charge in [-0.15, -0.1) is 11.8 Å². The second-order valence-corrected chi connectivity index (χ2v) is 7.78. The number of rotatable bonds is 4. The van der Waals surface area contributed by atoms with Gasteiger partial charge in [0.15, 0.2) is 0 Å². The summed E-state index contributed by atoms with van der Waals surface area (Å²) in [5, 5.41) is 8.02. The Morgan fingerprint density at radius 2 is 2.14 bits per heavy atom. The van der Waals surface area contributed by atoms with Gasteiger partial charge in [-0.2, -0.15) is 5.10 Å². The topological polar surface area (TPSA) is 29.9 Å². The SMILES string of the molecule is CC(C)(C)NCc1cnn(CC2CSc3ccccc32)c1. The Morgan fingerprint density at radius 3 is 2.95 bits per heavy atom. The highest BCUT2D eigenvalue weighted by atomic mass is 32.2. The van der Waals surface area contributed by atoms with E-state index in [0.29, 0.717) is 5.92 Å². The Hall–Kier alpha value is -1.26. The van der Waals surface area contributed by atoms with Gasteiger partial charge < -0.3 is 5.32 Å². The Morgan fingerprint density at radius 1 is 1.33 bits per heavy atom. The summed E-state index contributed by atoms with van der Waals surface area (Å²) in [6, 6.07) is 8.74. The van der Waals surface area contributed by atoms with Crippen molar-refractivity contribution in [3.05, 3.63) is 47.8 Å². The van der Waals surface area contributed by atoms with E-state index in [9.17, 15) is 0 Å².